The fraction of sp³-hybridized carbons (Fsp3) is 0.379. The van der Waals surface area contributed by atoms with Crippen LogP contribution in [0.3, 0.4) is 0 Å². The molecule has 0 atom stereocenters. The molecule has 2 aliphatic rings. The summed E-state index contributed by atoms with van der Waals surface area (Å²) in [7, 11) is 1.60. The Hall–Kier alpha value is -3.23. The molecule has 0 amide bonds. The normalized spacial score (nSPS) is 16.7. The average Bonchev–Trinajstić information content (AvgIpc) is 3.13. The Morgan fingerprint density at radius 2 is 1.32 bits per heavy atom. The number of methoxy groups -OCH3 is 2. The van der Waals surface area contributed by atoms with Gasteiger partial charge in [0.1, 0.15) is 16.4 Å². The molecule has 196 valence electrons. The van der Waals surface area contributed by atoms with E-state index in [1.54, 1.807) is 19.2 Å². The molecule has 0 unspecified atom stereocenters. The first kappa shape index (κ1) is 25.4. The molecule has 0 radical (unpaired) electrons. The molecule has 1 saturated heterocycles. The lowest BCUT2D eigenvalue weighted by atomic mass is 10.0. The van der Waals surface area contributed by atoms with Crippen LogP contribution < -0.4 is 19.3 Å². The van der Waals surface area contributed by atoms with Gasteiger partial charge in [-0.2, -0.15) is 0 Å². The van der Waals surface area contributed by atoms with Gasteiger partial charge in [-0.25, -0.2) is 8.42 Å². The molecule has 8 heteroatoms. The monoisotopic (exact) mass is 521 g/mol. The number of sulfone groups is 1. The van der Waals surface area contributed by atoms with E-state index < -0.39 is 9.84 Å². The van der Waals surface area contributed by atoms with E-state index >= 15 is 0 Å². The van der Waals surface area contributed by atoms with Crippen LogP contribution in [0.15, 0.2) is 70.5 Å². The molecule has 0 aromatic heterocycles. The second-order valence-corrected chi connectivity index (χ2v) is 11.7. The van der Waals surface area contributed by atoms with Crippen molar-refractivity contribution in [2.75, 3.05) is 70.3 Å². The lowest BCUT2D eigenvalue weighted by Crippen LogP contribution is -2.46. The van der Waals surface area contributed by atoms with Crippen molar-refractivity contribution in [2.45, 2.75) is 22.6 Å². The third-order valence-corrected chi connectivity index (χ3v) is 9.30. The average molecular weight is 522 g/mol. The van der Waals surface area contributed by atoms with Crippen molar-refractivity contribution in [3.05, 3.63) is 71.8 Å². The van der Waals surface area contributed by atoms with Crippen molar-refractivity contribution in [1.82, 2.24) is 4.90 Å². The number of fused-ring (bicyclic) bond motifs is 1. The largest absolute Gasteiger partial charge is 0.497 e. The predicted octanol–water partition coefficient (Wildman–Crippen LogP) is 3.89. The lowest BCUT2D eigenvalue weighted by Gasteiger charge is -2.37. The zero-order chi connectivity index (χ0) is 26.0. The van der Waals surface area contributed by atoms with Gasteiger partial charge >= 0.3 is 0 Å². The Morgan fingerprint density at radius 1 is 0.703 bits per heavy atom. The minimum absolute atomic E-state index is 0.248. The number of benzene rings is 3. The second kappa shape index (κ2) is 10.6. The van der Waals surface area contributed by atoms with E-state index in [2.05, 4.69) is 33.9 Å². The Balaban J connectivity index is 1.32. The molecule has 3 aromatic rings. The van der Waals surface area contributed by atoms with Gasteiger partial charge in [0.25, 0.3) is 0 Å². The summed E-state index contributed by atoms with van der Waals surface area (Å²) in [6, 6.07) is 19.1. The van der Waals surface area contributed by atoms with Gasteiger partial charge in [-0.1, -0.05) is 6.07 Å². The third kappa shape index (κ3) is 5.26. The van der Waals surface area contributed by atoms with Gasteiger partial charge < -0.3 is 24.2 Å². The molecule has 5 rings (SSSR count). The highest BCUT2D eigenvalue weighted by Gasteiger charge is 2.26. The summed E-state index contributed by atoms with van der Waals surface area (Å²) >= 11 is 0. The van der Waals surface area contributed by atoms with E-state index in [9.17, 15) is 8.42 Å². The van der Waals surface area contributed by atoms with Crippen molar-refractivity contribution in [2.24, 2.45) is 0 Å². The highest BCUT2D eigenvalue weighted by atomic mass is 32.2. The van der Waals surface area contributed by atoms with Crippen LogP contribution in [0.25, 0.3) is 0 Å². The Kier molecular flexibility index (Phi) is 7.31. The molecule has 2 aliphatic heterocycles. The first-order valence-electron chi connectivity index (χ1n) is 12.8. The molecule has 2 heterocycles. The molecule has 0 N–H and O–H groups in total. The molecule has 0 saturated carbocycles. The van der Waals surface area contributed by atoms with Crippen LogP contribution in [0.1, 0.15) is 11.1 Å². The van der Waals surface area contributed by atoms with Gasteiger partial charge in [-0.15, -0.1) is 0 Å². The van der Waals surface area contributed by atoms with Gasteiger partial charge in [-0.05, 0) is 79.5 Å². The predicted molar refractivity (Wildman–Crippen MR) is 147 cm³/mol. The van der Waals surface area contributed by atoms with Gasteiger partial charge in [0.15, 0.2) is 0 Å². The van der Waals surface area contributed by atoms with Crippen molar-refractivity contribution < 1.29 is 17.9 Å². The van der Waals surface area contributed by atoms with E-state index in [4.69, 9.17) is 9.47 Å². The summed E-state index contributed by atoms with van der Waals surface area (Å²) in [4.78, 5) is 7.45. The van der Waals surface area contributed by atoms with Crippen molar-refractivity contribution >= 4 is 21.2 Å². The number of hydrogen-bond acceptors (Lipinski definition) is 7. The lowest BCUT2D eigenvalue weighted by molar-refractivity contribution is 0.352. The van der Waals surface area contributed by atoms with Crippen LogP contribution in [0.5, 0.6) is 11.5 Å². The second-order valence-electron chi connectivity index (χ2n) is 9.75. The van der Waals surface area contributed by atoms with Crippen LogP contribution >= 0.6 is 0 Å². The van der Waals surface area contributed by atoms with Gasteiger partial charge in [-0.3, -0.25) is 0 Å². The number of nitrogens with zero attached hydrogens (tertiary/aromatic N) is 3. The number of likely N-dealkylation sites (N-methyl/N-ethyl adjacent to an activating group) is 1. The maximum absolute atomic E-state index is 13.7. The maximum Gasteiger partial charge on any atom is 0.210 e. The van der Waals surface area contributed by atoms with Gasteiger partial charge in [0.2, 0.25) is 9.84 Å². The Bertz CT molecular complexity index is 1350. The van der Waals surface area contributed by atoms with E-state index in [1.807, 2.05) is 36.4 Å². The van der Waals surface area contributed by atoms with E-state index in [0.717, 1.165) is 74.8 Å². The number of anilines is 2. The standard InChI is InChI=1S/C29H35N3O4S/c1-30-13-11-22-19-28(36-3)29(20-23(22)12-14-30)37(33,34)27-9-7-24(8-10-27)31-15-17-32(18-16-31)25-5-4-6-26(21-25)35-2/h4-10,19-21H,11-18H2,1-3H3. The zero-order valence-corrected chi connectivity index (χ0v) is 22.6. The van der Waals surface area contributed by atoms with Crippen LogP contribution in [0, 0.1) is 0 Å². The topological polar surface area (TPSA) is 62.3 Å². The molecular formula is C29H35N3O4S. The summed E-state index contributed by atoms with van der Waals surface area (Å²) in [5.74, 6) is 1.27. The summed E-state index contributed by atoms with van der Waals surface area (Å²) in [6.45, 7) is 5.35. The summed E-state index contributed by atoms with van der Waals surface area (Å²) in [5.41, 5.74) is 4.45. The van der Waals surface area contributed by atoms with E-state index in [1.165, 1.54) is 12.7 Å². The number of piperazine rings is 1. The van der Waals surface area contributed by atoms with E-state index in [0.29, 0.717) is 5.75 Å². The molecule has 0 aliphatic carbocycles. The highest BCUT2D eigenvalue weighted by molar-refractivity contribution is 7.91. The number of hydrogen-bond donors (Lipinski definition) is 0. The molecule has 1 fully saturated rings. The third-order valence-electron chi connectivity index (χ3n) is 7.51. The summed E-state index contributed by atoms with van der Waals surface area (Å²) in [5, 5.41) is 0. The highest BCUT2D eigenvalue weighted by Crippen LogP contribution is 2.34. The molecule has 37 heavy (non-hydrogen) atoms. The first-order chi connectivity index (χ1) is 17.9. The minimum Gasteiger partial charge on any atom is -0.497 e. The molecule has 0 bridgehead atoms. The van der Waals surface area contributed by atoms with Gasteiger partial charge in [0.05, 0.1) is 19.1 Å². The number of rotatable bonds is 6. The molecular weight excluding hydrogens is 486 g/mol. The Labute approximate surface area is 220 Å². The Morgan fingerprint density at radius 3 is 1.95 bits per heavy atom. The minimum atomic E-state index is -3.72. The van der Waals surface area contributed by atoms with Gasteiger partial charge in [0, 0.05) is 56.7 Å². The van der Waals surface area contributed by atoms with E-state index in [-0.39, 0.29) is 9.79 Å². The van der Waals surface area contributed by atoms with Crippen LogP contribution in [0.2, 0.25) is 0 Å². The maximum atomic E-state index is 13.7. The SMILES string of the molecule is COc1cccc(N2CCN(c3ccc(S(=O)(=O)c4cc5c(cc4OC)CCN(C)CC5)cc3)CC2)c1. The fourth-order valence-electron chi connectivity index (χ4n) is 5.21. The molecule has 7 nitrogen and oxygen atoms in total. The van der Waals surface area contributed by atoms with Crippen LogP contribution in [0.4, 0.5) is 11.4 Å². The van der Waals surface area contributed by atoms with Crippen LogP contribution in [-0.4, -0.2) is 73.9 Å². The van der Waals surface area contributed by atoms with Crippen molar-refractivity contribution in [3.63, 3.8) is 0 Å². The van der Waals surface area contributed by atoms with Crippen molar-refractivity contribution in [3.8, 4) is 11.5 Å². The van der Waals surface area contributed by atoms with Crippen molar-refractivity contribution in [1.29, 1.82) is 0 Å². The number of ether oxygens (including phenoxy) is 2. The molecule has 0 spiro atoms. The first-order valence-corrected chi connectivity index (χ1v) is 14.2. The molecule has 3 aromatic carbocycles. The fourth-order valence-corrected chi connectivity index (χ4v) is 6.66. The smallest absolute Gasteiger partial charge is 0.210 e. The quantitative estimate of drug-likeness (QED) is 0.488. The summed E-state index contributed by atoms with van der Waals surface area (Å²) < 4.78 is 38.3. The van der Waals surface area contributed by atoms with Crippen LogP contribution in [-0.2, 0) is 22.7 Å². The summed E-state index contributed by atoms with van der Waals surface area (Å²) in [6.07, 6.45) is 1.72. The zero-order valence-electron chi connectivity index (χ0n) is 21.8.